The first kappa shape index (κ1) is 15.9. The molecule has 0 spiro atoms. The smallest absolute Gasteiger partial charge is 0.407 e. The zero-order valence-electron chi connectivity index (χ0n) is 12.8. The van der Waals surface area contributed by atoms with E-state index in [0.29, 0.717) is 17.2 Å². The lowest BCUT2D eigenvalue weighted by atomic mass is 10.0. The number of amides is 2. The van der Waals surface area contributed by atoms with E-state index in [1.165, 1.54) is 0 Å². The molecular formula is C15H20N2O5. The minimum absolute atomic E-state index is 0.0848. The quantitative estimate of drug-likeness (QED) is 0.870. The molecule has 2 amide bonds. The summed E-state index contributed by atoms with van der Waals surface area (Å²) in [7, 11) is 0. The van der Waals surface area contributed by atoms with Gasteiger partial charge < -0.3 is 24.8 Å². The Balaban J connectivity index is 2.03. The lowest BCUT2D eigenvalue weighted by Crippen LogP contribution is -2.47. The third-order valence-electron chi connectivity index (χ3n) is 3.14. The van der Waals surface area contributed by atoms with Gasteiger partial charge in [-0.05, 0) is 25.0 Å². The summed E-state index contributed by atoms with van der Waals surface area (Å²) in [5.74, 6) is 0.820. The molecule has 2 rings (SSSR count). The summed E-state index contributed by atoms with van der Waals surface area (Å²) < 4.78 is 15.3. The Labute approximate surface area is 128 Å². The molecule has 1 unspecified atom stereocenters. The van der Waals surface area contributed by atoms with E-state index in [4.69, 9.17) is 14.2 Å². The van der Waals surface area contributed by atoms with Crippen LogP contribution in [0.5, 0.6) is 11.5 Å². The maximum absolute atomic E-state index is 12.3. The van der Waals surface area contributed by atoms with Crippen LogP contribution in [0.4, 0.5) is 10.5 Å². The summed E-state index contributed by atoms with van der Waals surface area (Å²) in [6, 6.07) is 4.43. The van der Waals surface area contributed by atoms with Gasteiger partial charge in [-0.25, -0.2) is 4.79 Å². The predicted octanol–water partition coefficient (Wildman–Crippen LogP) is 2.12. The number of hydrogen-bond donors (Lipinski definition) is 2. The van der Waals surface area contributed by atoms with Crippen molar-refractivity contribution in [3.05, 3.63) is 18.2 Å². The molecule has 7 nitrogen and oxygen atoms in total. The Morgan fingerprint density at radius 3 is 2.68 bits per heavy atom. The van der Waals surface area contributed by atoms with Crippen LogP contribution in [0.3, 0.4) is 0 Å². The van der Waals surface area contributed by atoms with Crippen molar-refractivity contribution >= 4 is 17.7 Å². The number of alkyl carbamates (subject to hydrolysis) is 1. The van der Waals surface area contributed by atoms with Crippen LogP contribution in [0, 0.1) is 5.92 Å². The molecule has 22 heavy (non-hydrogen) atoms. The van der Waals surface area contributed by atoms with E-state index < -0.39 is 12.1 Å². The van der Waals surface area contributed by atoms with E-state index in [0.717, 1.165) is 0 Å². The summed E-state index contributed by atoms with van der Waals surface area (Å²) in [6.07, 6.45) is -0.609. The van der Waals surface area contributed by atoms with Crippen LogP contribution >= 0.6 is 0 Å². The van der Waals surface area contributed by atoms with Crippen molar-refractivity contribution in [1.82, 2.24) is 5.32 Å². The van der Waals surface area contributed by atoms with E-state index >= 15 is 0 Å². The van der Waals surface area contributed by atoms with Crippen LogP contribution < -0.4 is 20.1 Å². The molecule has 0 fully saturated rings. The molecule has 1 heterocycles. The molecular weight excluding hydrogens is 288 g/mol. The molecule has 1 aromatic rings. The number of fused-ring (bicyclic) bond motifs is 1. The molecule has 0 saturated heterocycles. The first-order valence-corrected chi connectivity index (χ1v) is 7.15. The van der Waals surface area contributed by atoms with Crippen LogP contribution in [0.25, 0.3) is 0 Å². The first-order chi connectivity index (χ1) is 10.5. The molecule has 2 N–H and O–H groups in total. The zero-order valence-corrected chi connectivity index (χ0v) is 12.8. The number of ether oxygens (including phenoxy) is 3. The van der Waals surface area contributed by atoms with Crippen molar-refractivity contribution < 1.29 is 23.8 Å². The molecule has 1 aliphatic rings. The van der Waals surface area contributed by atoms with Crippen molar-refractivity contribution in [2.24, 2.45) is 5.92 Å². The third-order valence-corrected chi connectivity index (χ3v) is 3.14. The van der Waals surface area contributed by atoms with Gasteiger partial charge in [0.2, 0.25) is 12.7 Å². The van der Waals surface area contributed by atoms with Crippen molar-refractivity contribution in [1.29, 1.82) is 0 Å². The number of carbonyl (C=O) groups excluding carboxylic acids is 2. The Kier molecular flexibility index (Phi) is 5.08. The van der Waals surface area contributed by atoms with Gasteiger partial charge in [0.1, 0.15) is 6.04 Å². The second-order valence-electron chi connectivity index (χ2n) is 5.14. The van der Waals surface area contributed by atoms with Crippen molar-refractivity contribution in [3.63, 3.8) is 0 Å². The maximum atomic E-state index is 12.3. The molecule has 0 saturated carbocycles. The zero-order chi connectivity index (χ0) is 16.1. The fraction of sp³-hybridized carbons (Fsp3) is 0.467. The number of benzene rings is 1. The normalized spacial score (nSPS) is 13.6. The summed E-state index contributed by atoms with van der Waals surface area (Å²) in [5, 5.41) is 5.32. The van der Waals surface area contributed by atoms with Gasteiger partial charge in [-0.2, -0.15) is 0 Å². The van der Waals surface area contributed by atoms with Crippen molar-refractivity contribution in [3.8, 4) is 11.5 Å². The molecule has 0 aliphatic carbocycles. The van der Waals surface area contributed by atoms with Crippen LogP contribution in [-0.4, -0.2) is 31.4 Å². The van der Waals surface area contributed by atoms with Crippen LogP contribution in [0.2, 0.25) is 0 Å². The fourth-order valence-electron chi connectivity index (χ4n) is 2.03. The number of rotatable bonds is 5. The second kappa shape index (κ2) is 7.02. The number of carbonyl (C=O) groups is 2. The molecule has 1 aromatic carbocycles. The minimum atomic E-state index is -0.690. The van der Waals surface area contributed by atoms with Crippen LogP contribution in [-0.2, 0) is 9.53 Å². The van der Waals surface area contributed by atoms with E-state index in [9.17, 15) is 9.59 Å². The first-order valence-electron chi connectivity index (χ1n) is 7.15. The topological polar surface area (TPSA) is 85.9 Å². The number of hydrogen-bond acceptors (Lipinski definition) is 5. The van der Waals surface area contributed by atoms with Crippen LogP contribution in [0.1, 0.15) is 20.8 Å². The molecule has 7 heteroatoms. The predicted molar refractivity (Wildman–Crippen MR) is 80.0 cm³/mol. The van der Waals surface area contributed by atoms with E-state index in [1.54, 1.807) is 25.1 Å². The van der Waals surface area contributed by atoms with Gasteiger partial charge >= 0.3 is 6.09 Å². The summed E-state index contributed by atoms with van der Waals surface area (Å²) in [5.41, 5.74) is 0.575. The fourth-order valence-corrected chi connectivity index (χ4v) is 2.03. The minimum Gasteiger partial charge on any atom is -0.454 e. The lowest BCUT2D eigenvalue weighted by molar-refractivity contribution is -0.119. The molecule has 0 aromatic heterocycles. The Morgan fingerprint density at radius 1 is 1.27 bits per heavy atom. The average molecular weight is 308 g/mol. The largest absolute Gasteiger partial charge is 0.454 e. The summed E-state index contributed by atoms with van der Waals surface area (Å²) in [4.78, 5) is 23.9. The lowest BCUT2D eigenvalue weighted by Gasteiger charge is -2.21. The summed E-state index contributed by atoms with van der Waals surface area (Å²) in [6.45, 7) is 5.81. The van der Waals surface area contributed by atoms with Gasteiger partial charge in [-0.1, -0.05) is 13.8 Å². The van der Waals surface area contributed by atoms with Gasteiger partial charge in [-0.15, -0.1) is 0 Å². The average Bonchev–Trinajstić information content (AvgIpc) is 2.92. The Bertz CT molecular complexity index is 559. The van der Waals surface area contributed by atoms with Gasteiger partial charge in [-0.3, -0.25) is 4.79 Å². The Morgan fingerprint density at radius 2 is 2.00 bits per heavy atom. The molecule has 1 aliphatic heterocycles. The third kappa shape index (κ3) is 3.81. The highest BCUT2D eigenvalue weighted by Gasteiger charge is 2.25. The van der Waals surface area contributed by atoms with Gasteiger partial charge in [0.25, 0.3) is 0 Å². The highest BCUT2D eigenvalue weighted by atomic mass is 16.7. The molecule has 1 atom stereocenters. The van der Waals surface area contributed by atoms with E-state index in [2.05, 4.69) is 10.6 Å². The van der Waals surface area contributed by atoms with Crippen molar-refractivity contribution in [2.45, 2.75) is 26.8 Å². The van der Waals surface area contributed by atoms with Gasteiger partial charge in [0.05, 0.1) is 6.61 Å². The highest BCUT2D eigenvalue weighted by molar-refractivity contribution is 5.97. The standard InChI is InChI=1S/C15H20N2O5/c1-4-20-15(19)17-13(9(2)3)14(18)16-10-5-6-11-12(7-10)22-8-21-11/h5-7,9,13H,4,8H2,1-3H3,(H,16,18)(H,17,19). The number of nitrogens with one attached hydrogen (secondary N) is 2. The SMILES string of the molecule is CCOC(=O)NC(C(=O)Nc1ccc2c(c1)OCO2)C(C)C. The molecule has 0 radical (unpaired) electrons. The van der Waals surface area contributed by atoms with Crippen LogP contribution in [0.15, 0.2) is 18.2 Å². The maximum Gasteiger partial charge on any atom is 0.407 e. The molecule has 120 valence electrons. The van der Waals surface area contributed by atoms with E-state index in [1.807, 2.05) is 13.8 Å². The van der Waals surface area contributed by atoms with Gasteiger partial charge in [0.15, 0.2) is 11.5 Å². The highest BCUT2D eigenvalue weighted by Crippen LogP contribution is 2.34. The molecule has 0 bridgehead atoms. The summed E-state index contributed by atoms with van der Waals surface area (Å²) >= 11 is 0. The number of anilines is 1. The monoisotopic (exact) mass is 308 g/mol. The van der Waals surface area contributed by atoms with Gasteiger partial charge in [0, 0.05) is 11.8 Å². The van der Waals surface area contributed by atoms with Crippen molar-refractivity contribution in [2.75, 3.05) is 18.7 Å². The second-order valence-corrected chi connectivity index (χ2v) is 5.14. The Hall–Kier alpha value is -2.44. The van der Waals surface area contributed by atoms with E-state index in [-0.39, 0.29) is 25.2 Å².